The first-order valence-corrected chi connectivity index (χ1v) is 5.31. The Morgan fingerprint density at radius 2 is 1.93 bits per heavy atom. The average molecular weight is 272 g/mol. The molecule has 0 bridgehead atoms. The van der Waals surface area contributed by atoms with E-state index in [9.17, 15) is 0 Å². The Morgan fingerprint density at radius 3 is 2.43 bits per heavy atom. The molecule has 0 saturated heterocycles. The monoisotopic (exact) mass is 270 g/mol. The summed E-state index contributed by atoms with van der Waals surface area (Å²) in [5, 5.41) is 4.87. The predicted molar refractivity (Wildman–Crippen MR) is 61.0 cm³/mol. The van der Waals surface area contributed by atoms with Crippen LogP contribution in [0.1, 0.15) is 5.69 Å². The average Bonchev–Trinajstić information content (AvgIpc) is 2.50. The Hall–Kier alpha value is -0.800. The number of nitrogens with zero attached hydrogens (tertiary/aromatic N) is 2. The molecule has 1 aromatic carbocycles. The fourth-order valence-electron chi connectivity index (χ4n) is 1.23. The Labute approximate surface area is 95.6 Å². The van der Waals surface area contributed by atoms with Gasteiger partial charge in [-0.3, -0.25) is 0 Å². The zero-order chi connectivity index (χ0) is 10.1. The maximum Gasteiger partial charge on any atom is 0.0819 e. The molecule has 0 aliphatic carbocycles. The standard InChI is InChI=1S/C10H8BrClN2/c1-7-10(12)6-13-14(7)9-4-2-8(11)3-5-9/h2-6H,1H3. The summed E-state index contributed by atoms with van der Waals surface area (Å²) in [6.45, 7) is 1.94. The minimum atomic E-state index is 0.688. The number of aromatic nitrogens is 2. The molecule has 1 heterocycles. The summed E-state index contributed by atoms with van der Waals surface area (Å²) in [6, 6.07) is 7.93. The van der Waals surface area contributed by atoms with Crippen LogP contribution < -0.4 is 0 Å². The van der Waals surface area contributed by atoms with Gasteiger partial charge in [0, 0.05) is 4.47 Å². The highest BCUT2D eigenvalue weighted by molar-refractivity contribution is 9.10. The van der Waals surface area contributed by atoms with E-state index in [2.05, 4.69) is 21.0 Å². The fraction of sp³-hybridized carbons (Fsp3) is 0.100. The molecule has 2 rings (SSSR count). The van der Waals surface area contributed by atoms with Crippen LogP contribution in [0.4, 0.5) is 0 Å². The normalized spacial score (nSPS) is 10.5. The van der Waals surface area contributed by atoms with E-state index in [0.717, 1.165) is 15.9 Å². The zero-order valence-electron chi connectivity index (χ0n) is 7.54. The number of benzene rings is 1. The van der Waals surface area contributed by atoms with Crippen LogP contribution in [-0.2, 0) is 0 Å². The zero-order valence-corrected chi connectivity index (χ0v) is 9.88. The smallest absolute Gasteiger partial charge is 0.0819 e. The minimum absolute atomic E-state index is 0.688. The first-order chi connectivity index (χ1) is 6.68. The van der Waals surface area contributed by atoms with Gasteiger partial charge in [-0.05, 0) is 31.2 Å². The second-order valence-electron chi connectivity index (χ2n) is 2.97. The third-order valence-corrected chi connectivity index (χ3v) is 2.92. The molecule has 0 unspecified atom stereocenters. The molecular weight excluding hydrogens is 263 g/mol. The van der Waals surface area contributed by atoms with Crippen LogP contribution in [0.15, 0.2) is 34.9 Å². The van der Waals surface area contributed by atoms with Crippen molar-refractivity contribution in [1.82, 2.24) is 9.78 Å². The molecule has 0 saturated carbocycles. The van der Waals surface area contributed by atoms with Crippen LogP contribution >= 0.6 is 27.5 Å². The van der Waals surface area contributed by atoms with E-state index < -0.39 is 0 Å². The van der Waals surface area contributed by atoms with Gasteiger partial charge in [0.1, 0.15) is 0 Å². The van der Waals surface area contributed by atoms with Crippen LogP contribution in [0.3, 0.4) is 0 Å². The Kier molecular flexibility index (Phi) is 2.61. The first kappa shape index (κ1) is 9.74. The van der Waals surface area contributed by atoms with Crippen molar-refractivity contribution in [2.24, 2.45) is 0 Å². The summed E-state index contributed by atoms with van der Waals surface area (Å²) in [6.07, 6.45) is 1.65. The summed E-state index contributed by atoms with van der Waals surface area (Å²) >= 11 is 9.30. The molecule has 0 aliphatic heterocycles. The maximum absolute atomic E-state index is 5.92. The second-order valence-corrected chi connectivity index (χ2v) is 4.29. The summed E-state index contributed by atoms with van der Waals surface area (Å²) < 4.78 is 2.87. The second kappa shape index (κ2) is 3.75. The predicted octanol–water partition coefficient (Wildman–Crippen LogP) is 3.60. The van der Waals surface area contributed by atoms with E-state index in [1.165, 1.54) is 0 Å². The van der Waals surface area contributed by atoms with Crippen LogP contribution in [0.25, 0.3) is 5.69 Å². The molecule has 72 valence electrons. The van der Waals surface area contributed by atoms with E-state index >= 15 is 0 Å². The summed E-state index contributed by atoms with van der Waals surface area (Å²) in [7, 11) is 0. The lowest BCUT2D eigenvalue weighted by atomic mass is 10.3. The van der Waals surface area contributed by atoms with Gasteiger partial charge in [0.05, 0.1) is 22.6 Å². The van der Waals surface area contributed by atoms with Crippen LogP contribution in [0.2, 0.25) is 5.02 Å². The molecule has 0 amide bonds. The Morgan fingerprint density at radius 1 is 1.29 bits per heavy atom. The molecule has 1 aromatic heterocycles. The van der Waals surface area contributed by atoms with Gasteiger partial charge >= 0.3 is 0 Å². The van der Waals surface area contributed by atoms with Crippen molar-refractivity contribution < 1.29 is 0 Å². The molecule has 0 aliphatic rings. The Balaban J connectivity index is 2.49. The van der Waals surface area contributed by atoms with Gasteiger partial charge in [-0.1, -0.05) is 27.5 Å². The highest BCUT2D eigenvalue weighted by Gasteiger charge is 2.04. The SMILES string of the molecule is Cc1c(Cl)cnn1-c1ccc(Br)cc1. The molecule has 0 atom stereocenters. The van der Waals surface area contributed by atoms with Crippen molar-refractivity contribution in [3.63, 3.8) is 0 Å². The third-order valence-electron chi connectivity index (χ3n) is 2.02. The lowest BCUT2D eigenvalue weighted by molar-refractivity contribution is 0.847. The van der Waals surface area contributed by atoms with Crippen molar-refractivity contribution >= 4 is 27.5 Å². The summed E-state index contributed by atoms with van der Waals surface area (Å²) in [4.78, 5) is 0. The summed E-state index contributed by atoms with van der Waals surface area (Å²) in [5.41, 5.74) is 1.96. The van der Waals surface area contributed by atoms with Gasteiger partial charge < -0.3 is 0 Å². The topological polar surface area (TPSA) is 17.8 Å². The van der Waals surface area contributed by atoms with E-state index in [4.69, 9.17) is 11.6 Å². The van der Waals surface area contributed by atoms with Crippen LogP contribution in [-0.4, -0.2) is 9.78 Å². The van der Waals surface area contributed by atoms with Gasteiger partial charge in [-0.15, -0.1) is 0 Å². The lowest BCUT2D eigenvalue weighted by Gasteiger charge is -2.03. The molecular formula is C10H8BrClN2. The minimum Gasteiger partial charge on any atom is -0.237 e. The molecule has 14 heavy (non-hydrogen) atoms. The van der Waals surface area contributed by atoms with Crippen molar-refractivity contribution in [3.05, 3.63) is 45.7 Å². The van der Waals surface area contributed by atoms with Crippen LogP contribution in [0.5, 0.6) is 0 Å². The van der Waals surface area contributed by atoms with E-state index in [1.54, 1.807) is 6.20 Å². The van der Waals surface area contributed by atoms with Crippen molar-refractivity contribution in [1.29, 1.82) is 0 Å². The largest absolute Gasteiger partial charge is 0.237 e. The van der Waals surface area contributed by atoms with Crippen molar-refractivity contribution in [2.45, 2.75) is 6.92 Å². The molecule has 2 aromatic rings. The highest BCUT2D eigenvalue weighted by Crippen LogP contribution is 2.19. The third kappa shape index (κ3) is 1.70. The fourth-order valence-corrected chi connectivity index (χ4v) is 1.62. The molecule has 4 heteroatoms. The first-order valence-electron chi connectivity index (χ1n) is 4.14. The van der Waals surface area contributed by atoms with Gasteiger partial charge in [0.15, 0.2) is 0 Å². The molecule has 0 N–H and O–H groups in total. The maximum atomic E-state index is 5.92. The van der Waals surface area contributed by atoms with Crippen molar-refractivity contribution in [3.8, 4) is 5.69 Å². The number of hydrogen-bond acceptors (Lipinski definition) is 1. The molecule has 2 nitrogen and oxygen atoms in total. The van der Waals surface area contributed by atoms with E-state index in [1.807, 2.05) is 35.9 Å². The summed E-state index contributed by atoms with van der Waals surface area (Å²) in [5.74, 6) is 0. The highest BCUT2D eigenvalue weighted by atomic mass is 79.9. The van der Waals surface area contributed by atoms with Crippen molar-refractivity contribution in [2.75, 3.05) is 0 Å². The molecule has 0 spiro atoms. The number of hydrogen-bond donors (Lipinski definition) is 0. The van der Waals surface area contributed by atoms with E-state index in [-0.39, 0.29) is 0 Å². The Bertz CT molecular complexity index is 448. The van der Waals surface area contributed by atoms with Crippen LogP contribution in [0, 0.1) is 6.92 Å². The lowest BCUT2D eigenvalue weighted by Crippen LogP contribution is -1.97. The number of rotatable bonds is 1. The molecule has 0 fully saturated rings. The molecule has 0 radical (unpaired) electrons. The van der Waals surface area contributed by atoms with Gasteiger partial charge in [0.25, 0.3) is 0 Å². The van der Waals surface area contributed by atoms with Gasteiger partial charge in [-0.2, -0.15) is 5.10 Å². The van der Waals surface area contributed by atoms with E-state index in [0.29, 0.717) is 5.02 Å². The van der Waals surface area contributed by atoms with Gasteiger partial charge in [0.2, 0.25) is 0 Å². The quantitative estimate of drug-likeness (QED) is 0.775. The van der Waals surface area contributed by atoms with Gasteiger partial charge in [-0.25, -0.2) is 4.68 Å². The number of halogens is 2.